The molecule has 2 heterocycles. The normalized spacial score (nSPS) is 19.6. The van der Waals surface area contributed by atoms with Gasteiger partial charge >= 0.3 is 0 Å². The summed E-state index contributed by atoms with van der Waals surface area (Å²) in [6.45, 7) is 2.90. The lowest BCUT2D eigenvalue weighted by atomic mass is 9.79. The largest absolute Gasteiger partial charge is 0.508 e. The minimum atomic E-state index is -0.723. The maximum atomic E-state index is 11.2. The standard InChI is InChI=1S/C24H27NO3/c1-16(14-22-20-9-3-2-6-17(20)11-13-28-22)23(21-10-5-12-25-21)24(27)18-7-4-8-19(26)15-18/h2-10,12,15-16,22-27H,11,13-14H2,1H3. The number of H-pyrrole nitrogens is 1. The van der Waals surface area contributed by atoms with Crippen molar-refractivity contribution >= 4 is 0 Å². The number of nitrogens with one attached hydrogen (secondary N) is 1. The summed E-state index contributed by atoms with van der Waals surface area (Å²) in [4.78, 5) is 3.28. The second-order valence-corrected chi connectivity index (χ2v) is 7.71. The Morgan fingerprint density at radius 1 is 1.11 bits per heavy atom. The Morgan fingerprint density at radius 2 is 1.96 bits per heavy atom. The molecule has 4 atom stereocenters. The van der Waals surface area contributed by atoms with Gasteiger partial charge in [0.05, 0.1) is 18.8 Å². The van der Waals surface area contributed by atoms with E-state index in [1.54, 1.807) is 18.2 Å². The third-order valence-corrected chi connectivity index (χ3v) is 5.82. The van der Waals surface area contributed by atoms with E-state index < -0.39 is 6.10 Å². The lowest BCUT2D eigenvalue weighted by Crippen LogP contribution is -2.24. The van der Waals surface area contributed by atoms with E-state index in [0.29, 0.717) is 0 Å². The Bertz CT molecular complexity index is 906. The minimum Gasteiger partial charge on any atom is -0.508 e. The van der Waals surface area contributed by atoms with Gasteiger partial charge in [0.25, 0.3) is 0 Å². The van der Waals surface area contributed by atoms with Crippen LogP contribution < -0.4 is 0 Å². The van der Waals surface area contributed by atoms with Crippen molar-refractivity contribution in [2.24, 2.45) is 5.92 Å². The maximum Gasteiger partial charge on any atom is 0.115 e. The molecule has 0 saturated carbocycles. The maximum absolute atomic E-state index is 11.2. The van der Waals surface area contributed by atoms with Gasteiger partial charge in [-0.3, -0.25) is 0 Å². The Hall–Kier alpha value is -2.56. The van der Waals surface area contributed by atoms with Crippen LogP contribution in [0.5, 0.6) is 5.75 Å². The van der Waals surface area contributed by atoms with Crippen LogP contribution in [0.3, 0.4) is 0 Å². The Balaban J connectivity index is 1.61. The monoisotopic (exact) mass is 377 g/mol. The number of aromatic nitrogens is 1. The van der Waals surface area contributed by atoms with E-state index in [9.17, 15) is 10.2 Å². The summed E-state index contributed by atoms with van der Waals surface area (Å²) in [5.74, 6) is 0.195. The highest BCUT2D eigenvalue weighted by Gasteiger charge is 2.32. The summed E-state index contributed by atoms with van der Waals surface area (Å²) in [6.07, 6.45) is 2.97. The van der Waals surface area contributed by atoms with E-state index in [-0.39, 0.29) is 23.7 Å². The van der Waals surface area contributed by atoms with Crippen LogP contribution in [0.15, 0.2) is 66.9 Å². The molecule has 4 nitrogen and oxygen atoms in total. The minimum absolute atomic E-state index is 0.0359. The van der Waals surface area contributed by atoms with Gasteiger partial charge < -0.3 is 19.9 Å². The summed E-state index contributed by atoms with van der Waals surface area (Å²) in [6, 6.07) is 19.3. The smallest absolute Gasteiger partial charge is 0.115 e. The number of aliphatic hydroxyl groups excluding tert-OH is 1. The number of aliphatic hydroxyl groups is 1. The SMILES string of the molecule is CC(CC1OCCc2ccccc21)C(c1ccc[nH]1)C(O)c1cccc(O)c1. The van der Waals surface area contributed by atoms with E-state index in [2.05, 4.69) is 36.2 Å². The molecule has 4 unspecified atom stereocenters. The molecule has 0 spiro atoms. The molecule has 0 aliphatic carbocycles. The summed E-state index contributed by atoms with van der Waals surface area (Å²) in [5, 5.41) is 21.0. The first-order chi connectivity index (χ1) is 13.6. The van der Waals surface area contributed by atoms with E-state index in [0.717, 1.165) is 30.7 Å². The average molecular weight is 377 g/mol. The van der Waals surface area contributed by atoms with Gasteiger partial charge in [-0.05, 0) is 59.7 Å². The number of benzene rings is 2. The van der Waals surface area contributed by atoms with E-state index >= 15 is 0 Å². The second kappa shape index (κ2) is 8.21. The van der Waals surface area contributed by atoms with E-state index in [4.69, 9.17) is 4.74 Å². The van der Waals surface area contributed by atoms with Gasteiger partial charge in [-0.1, -0.05) is 43.3 Å². The van der Waals surface area contributed by atoms with Crippen molar-refractivity contribution in [1.82, 2.24) is 4.98 Å². The van der Waals surface area contributed by atoms with Crippen molar-refractivity contribution in [3.05, 3.63) is 89.2 Å². The van der Waals surface area contributed by atoms with Crippen LogP contribution in [0.2, 0.25) is 0 Å². The molecule has 1 aliphatic heterocycles. The molecular weight excluding hydrogens is 350 g/mol. The number of ether oxygens (including phenoxy) is 1. The van der Waals surface area contributed by atoms with E-state index in [1.165, 1.54) is 11.1 Å². The van der Waals surface area contributed by atoms with Gasteiger partial charge in [0.1, 0.15) is 5.75 Å². The molecule has 0 saturated heterocycles. The first kappa shape index (κ1) is 18.8. The molecular formula is C24H27NO3. The molecule has 3 aromatic rings. The highest BCUT2D eigenvalue weighted by atomic mass is 16.5. The van der Waals surface area contributed by atoms with Crippen molar-refractivity contribution in [3.63, 3.8) is 0 Å². The fourth-order valence-electron chi connectivity index (χ4n) is 4.41. The van der Waals surface area contributed by atoms with Crippen LogP contribution >= 0.6 is 0 Å². The highest BCUT2D eigenvalue weighted by molar-refractivity contribution is 5.33. The predicted octanol–water partition coefficient (Wildman–Crippen LogP) is 4.88. The van der Waals surface area contributed by atoms with Crippen molar-refractivity contribution in [2.75, 3.05) is 6.61 Å². The molecule has 1 aliphatic rings. The fraction of sp³-hybridized carbons (Fsp3) is 0.333. The third-order valence-electron chi connectivity index (χ3n) is 5.82. The first-order valence-electron chi connectivity index (χ1n) is 9.93. The molecule has 146 valence electrons. The number of rotatable bonds is 6. The zero-order valence-electron chi connectivity index (χ0n) is 16.1. The van der Waals surface area contributed by atoms with Gasteiger partial charge in [0.2, 0.25) is 0 Å². The van der Waals surface area contributed by atoms with Crippen molar-refractivity contribution in [3.8, 4) is 5.75 Å². The summed E-state index contributed by atoms with van der Waals surface area (Å²) in [7, 11) is 0. The number of phenolic OH excluding ortho intramolecular Hbond substituents is 1. The fourth-order valence-corrected chi connectivity index (χ4v) is 4.41. The molecule has 4 rings (SSSR count). The number of aromatic amines is 1. The van der Waals surface area contributed by atoms with Crippen molar-refractivity contribution in [2.45, 2.75) is 37.9 Å². The van der Waals surface area contributed by atoms with Crippen LogP contribution in [-0.4, -0.2) is 21.8 Å². The van der Waals surface area contributed by atoms with Crippen LogP contribution in [0.25, 0.3) is 0 Å². The van der Waals surface area contributed by atoms with Gasteiger partial charge in [-0.25, -0.2) is 0 Å². The molecule has 0 radical (unpaired) electrons. The summed E-state index contributed by atoms with van der Waals surface area (Å²) < 4.78 is 6.12. The molecule has 28 heavy (non-hydrogen) atoms. The van der Waals surface area contributed by atoms with Crippen molar-refractivity contribution in [1.29, 1.82) is 0 Å². The number of aromatic hydroxyl groups is 1. The summed E-state index contributed by atoms with van der Waals surface area (Å²) >= 11 is 0. The third kappa shape index (κ3) is 3.84. The first-order valence-corrected chi connectivity index (χ1v) is 9.93. The molecule has 4 heteroatoms. The molecule has 1 aromatic heterocycles. The predicted molar refractivity (Wildman–Crippen MR) is 109 cm³/mol. The number of phenols is 1. The van der Waals surface area contributed by atoms with Gasteiger partial charge in [-0.2, -0.15) is 0 Å². The molecule has 0 fully saturated rings. The van der Waals surface area contributed by atoms with Gasteiger partial charge in [0, 0.05) is 17.8 Å². The molecule has 0 bridgehead atoms. The number of hydrogen-bond donors (Lipinski definition) is 3. The Kier molecular flexibility index (Phi) is 5.51. The topological polar surface area (TPSA) is 65.5 Å². The van der Waals surface area contributed by atoms with Gasteiger partial charge in [-0.15, -0.1) is 0 Å². The molecule has 3 N–H and O–H groups in total. The van der Waals surface area contributed by atoms with Gasteiger partial charge in [0.15, 0.2) is 0 Å². The molecule has 2 aromatic carbocycles. The Labute approximate surface area is 165 Å². The van der Waals surface area contributed by atoms with Crippen LogP contribution in [0.4, 0.5) is 0 Å². The average Bonchev–Trinajstić information content (AvgIpc) is 3.22. The number of hydrogen-bond acceptors (Lipinski definition) is 3. The van der Waals surface area contributed by atoms with Crippen LogP contribution in [-0.2, 0) is 11.2 Å². The Morgan fingerprint density at radius 3 is 2.75 bits per heavy atom. The zero-order valence-corrected chi connectivity index (χ0v) is 16.1. The highest BCUT2D eigenvalue weighted by Crippen LogP contribution is 2.42. The lowest BCUT2D eigenvalue weighted by Gasteiger charge is -2.33. The van der Waals surface area contributed by atoms with Crippen LogP contribution in [0.1, 0.15) is 53.9 Å². The van der Waals surface area contributed by atoms with E-state index in [1.807, 2.05) is 24.4 Å². The number of fused-ring (bicyclic) bond motifs is 1. The zero-order chi connectivity index (χ0) is 19.5. The quantitative estimate of drug-likeness (QED) is 0.574. The second-order valence-electron chi connectivity index (χ2n) is 7.71. The lowest BCUT2D eigenvalue weighted by molar-refractivity contribution is 0.0151. The van der Waals surface area contributed by atoms with Crippen molar-refractivity contribution < 1.29 is 14.9 Å². The van der Waals surface area contributed by atoms with Crippen LogP contribution in [0, 0.1) is 5.92 Å². The molecule has 0 amide bonds. The summed E-state index contributed by atoms with van der Waals surface area (Å²) in [5.41, 5.74) is 4.33.